The Morgan fingerprint density at radius 3 is 2.79 bits per heavy atom. The Balaban J connectivity index is 1.76. The van der Waals surface area contributed by atoms with E-state index in [4.69, 9.17) is 4.74 Å². The van der Waals surface area contributed by atoms with Gasteiger partial charge < -0.3 is 15.4 Å². The Morgan fingerprint density at radius 2 is 2.04 bits per heavy atom. The molecule has 144 valence electrons. The first kappa shape index (κ1) is 18.5. The van der Waals surface area contributed by atoms with Gasteiger partial charge in [0.2, 0.25) is 0 Å². The first-order valence-electron chi connectivity index (χ1n) is 9.32. The fourth-order valence-electron chi connectivity index (χ4n) is 3.96. The predicted octanol–water partition coefficient (Wildman–Crippen LogP) is 4.36. The summed E-state index contributed by atoms with van der Waals surface area (Å²) >= 11 is 1.57. The molecule has 6 heteroatoms. The Hall–Kier alpha value is -2.86. The maximum absolute atomic E-state index is 13.3. The van der Waals surface area contributed by atoms with Crippen LogP contribution in [0.1, 0.15) is 37.0 Å². The lowest BCUT2D eigenvalue weighted by atomic mass is 9.77. The van der Waals surface area contributed by atoms with Crippen LogP contribution in [0.15, 0.2) is 64.3 Å². The second-order valence-electron chi connectivity index (χ2n) is 6.94. The van der Waals surface area contributed by atoms with E-state index >= 15 is 0 Å². The number of ketones is 1. The van der Waals surface area contributed by atoms with Crippen molar-refractivity contribution in [2.75, 3.05) is 12.4 Å². The van der Waals surface area contributed by atoms with Gasteiger partial charge in [-0.25, -0.2) is 0 Å². The molecular formula is C22H22N2O3S. The number of carbonyl (C=O) groups is 2. The average molecular weight is 394 g/mol. The number of amides is 1. The van der Waals surface area contributed by atoms with Gasteiger partial charge in [-0.2, -0.15) is 0 Å². The molecule has 2 heterocycles. The molecule has 1 aromatic heterocycles. The van der Waals surface area contributed by atoms with E-state index in [1.165, 1.54) is 0 Å². The number of hydrogen-bond acceptors (Lipinski definition) is 5. The molecule has 2 aromatic rings. The highest BCUT2D eigenvalue weighted by Crippen LogP contribution is 2.44. The van der Waals surface area contributed by atoms with Crippen LogP contribution in [-0.2, 0) is 9.59 Å². The molecule has 2 aliphatic rings. The van der Waals surface area contributed by atoms with Gasteiger partial charge in [0.25, 0.3) is 5.91 Å². The van der Waals surface area contributed by atoms with Crippen LogP contribution in [0.25, 0.3) is 0 Å². The number of rotatable bonds is 4. The summed E-state index contributed by atoms with van der Waals surface area (Å²) in [6.45, 7) is 1.90. The Morgan fingerprint density at radius 1 is 1.21 bits per heavy atom. The van der Waals surface area contributed by atoms with Gasteiger partial charge in [0.1, 0.15) is 5.75 Å². The zero-order chi connectivity index (χ0) is 19.7. The maximum Gasteiger partial charge on any atom is 0.254 e. The van der Waals surface area contributed by atoms with Gasteiger partial charge in [0, 0.05) is 33.8 Å². The third-order valence-corrected chi connectivity index (χ3v) is 6.14. The second kappa shape index (κ2) is 7.64. The molecule has 1 atom stereocenters. The SMILES string of the molecule is COc1ccccc1NC(=O)C1=C(C)NC2=C(C(=O)CCC2)[C@H]1c1cccs1. The van der Waals surface area contributed by atoms with Crippen LogP contribution < -0.4 is 15.4 Å². The molecule has 1 aromatic carbocycles. The van der Waals surface area contributed by atoms with Gasteiger partial charge in [0.05, 0.1) is 18.7 Å². The normalized spacial score (nSPS) is 19.2. The van der Waals surface area contributed by atoms with E-state index in [2.05, 4.69) is 10.6 Å². The lowest BCUT2D eigenvalue weighted by molar-refractivity contribution is -0.116. The maximum atomic E-state index is 13.3. The van der Waals surface area contributed by atoms with Gasteiger partial charge in [-0.05, 0) is 43.3 Å². The van der Waals surface area contributed by atoms with Crippen molar-refractivity contribution in [2.45, 2.75) is 32.1 Å². The number of thiophene rings is 1. The lowest BCUT2D eigenvalue weighted by Gasteiger charge is -2.33. The molecule has 1 amide bonds. The fourth-order valence-corrected chi connectivity index (χ4v) is 4.81. The highest BCUT2D eigenvalue weighted by molar-refractivity contribution is 7.10. The molecule has 0 fully saturated rings. The van der Waals surface area contributed by atoms with E-state index in [1.807, 2.05) is 36.6 Å². The van der Waals surface area contributed by atoms with Crippen molar-refractivity contribution in [3.63, 3.8) is 0 Å². The third kappa shape index (κ3) is 3.24. The lowest BCUT2D eigenvalue weighted by Crippen LogP contribution is -2.35. The number of methoxy groups -OCH3 is 1. The quantitative estimate of drug-likeness (QED) is 0.808. The number of benzene rings is 1. The second-order valence-corrected chi connectivity index (χ2v) is 7.91. The minimum atomic E-state index is -0.334. The van der Waals surface area contributed by atoms with Crippen molar-refractivity contribution in [1.82, 2.24) is 5.32 Å². The number of Topliss-reactive ketones (excluding diaryl/α,β-unsaturated/α-hetero) is 1. The summed E-state index contributed by atoms with van der Waals surface area (Å²) in [6, 6.07) is 11.3. The number of ether oxygens (including phenoxy) is 1. The van der Waals surface area contributed by atoms with Crippen molar-refractivity contribution in [1.29, 1.82) is 0 Å². The highest BCUT2D eigenvalue weighted by atomic mass is 32.1. The van der Waals surface area contributed by atoms with E-state index in [-0.39, 0.29) is 17.6 Å². The standard InChI is InChI=1S/C22H22N2O3S/c1-13-19(22(26)24-14-7-3-4-10-17(14)27-2)21(18-11-6-12-28-18)20-15(23-13)8-5-9-16(20)25/h3-4,6-7,10-12,21,23H,5,8-9H2,1-2H3,(H,24,26)/t21-/m0/s1. The summed E-state index contributed by atoms with van der Waals surface area (Å²) in [5, 5.41) is 8.29. The van der Waals surface area contributed by atoms with E-state index in [1.54, 1.807) is 30.6 Å². The molecular weight excluding hydrogens is 372 g/mol. The molecule has 0 saturated carbocycles. The van der Waals surface area contributed by atoms with E-state index in [9.17, 15) is 9.59 Å². The van der Waals surface area contributed by atoms with Crippen molar-refractivity contribution in [2.24, 2.45) is 0 Å². The summed E-state index contributed by atoms with van der Waals surface area (Å²) in [5.41, 5.74) is 3.68. The summed E-state index contributed by atoms with van der Waals surface area (Å²) in [5.74, 6) is 0.165. The summed E-state index contributed by atoms with van der Waals surface area (Å²) in [6.07, 6.45) is 2.21. The smallest absolute Gasteiger partial charge is 0.254 e. The van der Waals surface area contributed by atoms with Crippen LogP contribution in [0.4, 0.5) is 5.69 Å². The first-order chi connectivity index (χ1) is 13.6. The van der Waals surface area contributed by atoms with Gasteiger partial charge in [-0.3, -0.25) is 9.59 Å². The fraction of sp³-hybridized carbons (Fsp3) is 0.273. The van der Waals surface area contributed by atoms with Crippen molar-refractivity contribution in [3.8, 4) is 5.75 Å². The van der Waals surface area contributed by atoms with Crippen LogP contribution in [0, 0.1) is 0 Å². The van der Waals surface area contributed by atoms with Crippen LogP contribution in [0.5, 0.6) is 5.75 Å². The third-order valence-electron chi connectivity index (χ3n) is 5.20. The largest absolute Gasteiger partial charge is 0.495 e. The molecule has 1 aliphatic carbocycles. The molecule has 28 heavy (non-hydrogen) atoms. The van der Waals surface area contributed by atoms with E-state index in [0.29, 0.717) is 23.4 Å². The Kier molecular flexibility index (Phi) is 5.05. The zero-order valence-corrected chi connectivity index (χ0v) is 16.7. The number of nitrogens with one attached hydrogen (secondary N) is 2. The van der Waals surface area contributed by atoms with Crippen LogP contribution in [-0.4, -0.2) is 18.8 Å². The van der Waals surface area contributed by atoms with E-state index in [0.717, 1.165) is 34.7 Å². The number of allylic oxidation sites excluding steroid dienone is 3. The molecule has 0 bridgehead atoms. The topological polar surface area (TPSA) is 67.4 Å². The Labute approximate surface area is 168 Å². The van der Waals surface area contributed by atoms with Crippen LogP contribution in [0.2, 0.25) is 0 Å². The number of anilines is 1. The molecule has 0 unspecified atom stereocenters. The molecule has 0 saturated heterocycles. The van der Waals surface area contributed by atoms with Crippen LogP contribution in [0.3, 0.4) is 0 Å². The van der Waals surface area contributed by atoms with Crippen molar-refractivity contribution < 1.29 is 14.3 Å². The van der Waals surface area contributed by atoms with Gasteiger partial charge in [-0.15, -0.1) is 11.3 Å². The van der Waals surface area contributed by atoms with Crippen molar-refractivity contribution >= 4 is 28.7 Å². The Bertz CT molecular complexity index is 989. The average Bonchev–Trinajstić information content (AvgIpc) is 3.22. The van der Waals surface area contributed by atoms with Crippen LogP contribution >= 0.6 is 11.3 Å². The summed E-state index contributed by atoms with van der Waals surface area (Å²) in [4.78, 5) is 27.1. The molecule has 0 radical (unpaired) electrons. The number of para-hydroxylation sites is 2. The molecule has 2 N–H and O–H groups in total. The van der Waals surface area contributed by atoms with Gasteiger partial charge >= 0.3 is 0 Å². The molecule has 1 aliphatic heterocycles. The molecule has 0 spiro atoms. The highest BCUT2D eigenvalue weighted by Gasteiger charge is 2.39. The zero-order valence-electron chi connectivity index (χ0n) is 15.9. The number of dihydropyridines is 1. The monoisotopic (exact) mass is 394 g/mol. The minimum Gasteiger partial charge on any atom is -0.495 e. The van der Waals surface area contributed by atoms with Gasteiger partial charge in [0.15, 0.2) is 5.78 Å². The van der Waals surface area contributed by atoms with E-state index < -0.39 is 0 Å². The van der Waals surface area contributed by atoms with Gasteiger partial charge in [-0.1, -0.05) is 18.2 Å². The summed E-state index contributed by atoms with van der Waals surface area (Å²) < 4.78 is 5.35. The minimum absolute atomic E-state index is 0.127. The predicted molar refractivity (Wildman–Crippen MR) is 110 cm³/mol. The number of hydrogen-bond donors (Lipinski definition) is 2. The molecule has 4 rings (SSSR count). The number of carbonyl (C=O) groups excluding carboxylic acids is 2. The van der Waals surface area contributed by atoms with Crippen molar-refractivity contribution in [3.05, 3.63) is 69.2 Å². The molecule has 5 nitrogen and oxygen atoms in total. The summed E-state index contributed by atoms with van der Waals surface area (Å²) in [7, 11) is 1.57. The first-order valence-corrected chi connectivity index (χ1v) is 10.2.